The number of amides is 1. The van der Waals surface area contributed by atoms with Crippen LogP contribution < -0.4 is 10.6 Å². The number of carbonyl (C=O) groups is 1. The average Bonchev–Trinajstić information content (AvgIpc) is 2.34. The van der Waals surface area contributed by atoms with Crippen LogP contribution in [-0.2, 0) is 4.79 Å². The van der Waals surface area contributed by atoms with Crippen molar-refractivity contribution >= 4 is 5.91 Å². The molecule has 0 saturated carbocycles. The lowest BCUT2D eigenvalue weighted by atomic mass is 9.84. The van der Waals surface area contributed by atoms with Crippen LogP contribution in [0.3, 0.4) is 0 Å². The molecule has 1 saturated heterocycles. The normalized spacial score (nSPS) is 17.7. The summed E-state index contributed by atoms with van der Waals surface area (Å²) < 4.78 is 0. The van der Waals surface area contributed by atoms with Crippen molar-refractivity contribution < 1.29 is 4.79 Å². The zero-order chi connectivity index (χ0) is 14.3. The van der Waals surface area contributed by atoms with Gasteiger partial charge in [-0.15, -0.1) is 0 Å². The van der Waals surface area contributed by atoms with E-state index >= 15 is 0 Å². The van der Waals surface area contributed by atoms with Crippen LogP contribution in [0.4, 0.5) is 0 Å². The van der Waals surface area contributed by atoms with E-state index in [1.165, 1.54) is 12.8 Å². The van der Waals surface area contributed by atoms with Gasteiger partial charge in [0.25, 0.3) is 0 Å². The zero-order valence-corrected chi connectivity index (χ0v) is 13.2. The number of rotatable bonds is 7. The van der Waals surface area contributed by atoms with Gasteiger partial charge in [-0.05, 0) is 56.0 Å². The molecule has 3 nitrogen and oxygen atoms in total. The lowest BCUT2D eigenvalue weighted by molar-refractivity contribution is -0.121. The van der Waals surface area contributed by atoms with Crippen molar-refractivity contribution in [1.29, 1.82) is 0 Å². The summed E-state index contributed by atoms with van der Waals surface area (Å²) in [6, 6.07) is 0. The predicted octanol–water partition coefficient (Wildman–Crippen LogP) is 2.95. The van der Waals surface area contributed by atoms with Gasteiger partial charge in [-0.1, -0.05) is 27.7 Å². The summed E-state index contributed by atoms with van der Waals surface area (Å²) in [6.45, 7) is 12.0. The summed E-state index contributed by atoms with van der Waals surface area (Å²) in [5, 5.41) is 6.48. The highest BCUT2D eigenvalue weighted by atomic mass is 16.1. The fraction of sp³-hybridized carbons (Fsp3) is 0.938. The highest BCUT2D eigenvalue weighted by Gasteiger charge is 2.20. The van der Waals surface area contributed by atoms with Gasteiger partial charge in [-0.3, -0.25) is 4.79 Å². The molecule has 0 aromatic heterocycles. The standard InChI is InChI=1S/C16H32N2O/c1-13(2)11-16(3,4)12-18-15(19)6-5-14-7-9-17-10-8-14/h13-14,17H,5-12H2,1-4H3,(H,18,19). The number of hydrogen-bond acceptors (Lipinski definition) is 2. The minimum Gasteiger partial charge on any atom is -0.356 e. The molecule has 1 rings (SSSR count). The fourth-order valence-corrected chi connectivity index (χ4v) is 3.11. The Balaban J connectivity index is 2.16. The van der Waals surface area contributed by atoms with Crippen molar-refractivity contribution in [2.24, 2.45) is 17.3 Å². The molecule has 112 valence electrons. The smallest absolute Gasteiger partial charge is 0.220 e. The summed E-state index contributed by atoms with van der Waals surface area (Å²) >= 11 is 0. The average molecular weight is 268 g/mol. The van der Waals surface area contributed by atoms with Crippen molar-refractivity contribution in [2.45, 2.75) is 59.8 Å². The predicted molar refractivity (Wildman–Crippen MR) is 81.1 cm³/mol. The van der Waals surface area contributed by atoms with E-state index in [9.17, 15) is 4.79 Å². The Kier molecular flexibility index (Phi) is 6.84. The number of nitrogens with one attached hydrogen (secondary N) is 2. The molecule has 0 aromatic carbocycles. The maximum atomic E-state index is 11.9. The first-order chi connectivity index (χ1) is 8.89. The first-order valence-corrected chi connectivity index (χ1v) is 7.86. The van der Waals surface area contributed by atoms with Crippen molar-refractivity contribution in [1.82, 2.24) is 10.6 Å². The lowest BCUT2D eigenvalue weighted by Gasteiger charge is -2.27. The zero-order valence-electron chi connectivity index (χ0n) is 13.2. The fourth-order valence-electron chi connectivity index (χ4n) is 3.11. The van der Waals surface area contributed by atoms with Crippen LogP contribution in [0.5, 0.6) is 0 Å². The molecular weight excluding hydrogens is 236 g/mol. The molecule has 0 atom stereocenters. The third-order valence-corrected chi connectivity index (χ3v) is 3.96. The van der Waals surface area contributed by atoms with Crippen molar-refractivity contribution in [2.75, 3.05) is 19.6 Å². The van der Waals surface area contributed by atoms with Crippen molar-refractivity contribution in [3.8, 4) is 0 Å². The Morgan fingerprint density at radius 2 is 1.95 bits per heavy atom. The van der Waals surface area contributed by atoms with Gasteiger partial charge in [-0.25, -0.2) is 0 Å². The Morgan fingerprint density at radius 1 is 1.32 bits per heavy atom. The Labute approximate surface area is 118 Å². The second kappa shape index (κ2) is 7.88. The van der Waals surface area contributed by atoms with Gasteiger partial charge in [0.15, 0.2) is 0 Å². The molecule has 2 N–H and O–H groups in total. The van der Waals surface area contributed by atoms with Gasteiger partial charge in [0.05, 0.1) is 0 Å². The van der Waals surface area contributed by atoms with Gasteiger partial charge < -0.3 is 10.6 Å². The third kappa shape index (κ3) is 7.56. The summed E-state index contributed by atoms with van der Waals surface area (Å²) in [7, 11) is 0. The minimum atomic E-state index is 0.207. The van der Waals surface area contributed by atoms with Gasteiger partial charge in [0.1, 0.15) is 0 Å². The van der Waals surface area contributed by atoms with Gasteiger partial charge in [0.2, 0.25) is 5.91 Å². The van der Waals surface area contributed by atoms with Crippen molar-refractivity contribution in [3.63, 3.8) is 0 Å². The van der Waals surface area contributed by atoms with E-state index in [0.717, 1.165) is 38.4 Å². The molecule has 0 aliphatic carbocycles. The highest BCUT2D eigenvalue weighted by Crippen LogP contribution is 2.24. The van der Waals surface area contributed by atoms with Crippen LogP contribution in [-0.4, -0.2) is 25.5 Å². The van der Waals surface area contributed by atoms with E-state index in [4.69, 9.17) is 0 Å². The molecule has 0 spiro atoms. The van der Waals surface area contributed by atoms with E-state index in [-0.39, 0.29) is 11.3 Å². The first kappa shape index (κ1) is 16.5. The second-order valence-electron chi connectivity index (χ2n) is 7.27. The molecule has 1 fully saturated rings. The van der Waals surface area contributed by atoms with Crippen LogP contribution >= 0.6 is 0 Å². The van der Waals surface area contributed by atoms with Crippen LogP contribution in [0, 0.1) is 17.3 Å². The molecule has 0 bridgehead atoms. The van der Waals surface area contributed by atoms with Crippen LogP contribution in [0.15, 0.2) is 0 Å². The largest absolute Gasteiger partial charge is 0.356 e. The quantitative estimate of drug-likeness (QED) is 0.745. The molecular formula is C16H32N2O. The number of hydrogen-bond donors (Lipinski definition) is 2. The summed E-state index contributed by atoms with van der Waals surface area (Å²) in [6.07, 6.45) is 5.36. The minimum absolute atomic E-state index is 0.207. The topological polar surface area (TPSA) is 41.1 Å². The first-order valence-electron chi connectivity index (χ1n) is 7.86. The van der Waals surface area contributed by atoms with E-state index in [2.05, 4.69) is 38.3 Å². The monoisotopic (exact) mass is 268 g/mol. The summed E-state index contributed by atoms with van der Waals surface area (Å²) in [5.41, 5.74) is 0.207. The Morgan fingerprint density at radius 3 is 2.53 bits per heavy atom. The molecule has 0 aromatic rings. The lowest BCUT2D eigenvalue weighted by Crippen LogP contribution is -2.35. The highest BCUT2D eigenvalue weighted by molar-refractivity contribution is 5.75. The molecule has 0 unspecified atom stereocenters. The Hall–Kier alpha value is -0.570. The van der Waals surface area contributed by atoms with Gasteiger partial charge in [0, 0.05) is 13.0 Å². The Bertz CT molecular complexity index is 268. The molecule has 0 radical (unpaired) electrons. The number of piperidine rings is 1. The molecule has 1 aliphatic heterocycles. The summed E-state index contributed by atoms with van der Waals surface area (Å²) in [5.74, 6) is 1.66. The van der Waals surface area contributed by atoms with E-state index in [1.807, 2.05) is 0 Å². The number of carbonyl (C=O) groups excluding carboxylic acids is 1. The third-order valence-electron chi connectivity index (χ3n) is 3.96. The molecule has 1 amide bonds. The maximum Gasteiger partial charge on any atom is 0.220 e. The maximum absolute atomic E-state index is 11.9. The molecule has 1 aliphatic rings. The SMILES string of the molecule is CC(C)CC(C)(C)CNC(=O)CCC1CCNCC1. The van der Waals surface area contributed by atoms with Gasteiger partial charge >= 0.3 is 0 Å². The molecule has 19 heavy (non-hydrogen) atoms. The van der Waals surface area contributed by atoms with E-state index < -0.39 is 0 Å². The van der Waals surface area contributed by atoms with Crippen molar-refractivity contribution in [3.05, 3.63) is 0 Å². The molecule has 3 heteroatoms. The van der Waals surface area contributed by atoms with E-state index in [0.29, 0.717) is 12.3 Å². The van der Waals surface area contributed by atoms with Gasteiger partial charge in [-0.2, -0.15) is 0 Å². The summed E-state index contributed by atoms with van der Waals surface area (Å²) in [4.78, 5) is 11.9. The van der Waals surface area contributed by atoms with Crippen LogP contribution in [0.25, 0.3) is 0 Å². The van der Waals surface area contributed by atoms with Crippen LogP contribution in [0.1, 0.15) is 59.8 Å². The molecule has 1 heterocycles. The van der Waals surface area contributed by atoms with E-state index in [1.54, 1.807) is 0 Å². The second-order valence-corrected chi connectivity index (χ2v) is 7.27. The van der Waals surface area contributed by atoms with Crippen LogP contribution in [0.2, 0.25) is 0 Å².